The van der Waals surface area contributed by atoms with Gasteiger partial charge in [-0.05, 0) is 31.4 Å². The number of terminal acetylenes is 1. The Bertz CT molecular complexity index is 494. The minimum Gasteiger partial charge on any atom is -0.357 e. The number of pyridine rings is 1. The third-order valence-electron chi connectivity index (χ3n) is 3.36. The van der Waals surface area contributed by atoms with E-state index in [-0.39, 0.29) is 0 Å². The summed E-state index contributed by atoms with van der Waals surface area (Å²) in [6, 6.07) is 4.17. The molecule has 2 rings (SSSR count). The normalized spacial score (nSPS) is 14.9. The molecule has 5 nitrogen and oxygen atoms in total. The van der Waals surface area contributed by atoms with E-state index in [1.54, 1.807) is 0 Å². The lowest BCUT2D eigenvalue weighted by Crippen LogP contribution is -2.37. The molecular formula is C16H23N5. The van der Waals surface area contributed by atoms with Gasteiger partial charge in [0.05, 0.1) is 13.1 Å². The number of aliphatic imine (C=N–C) groups is 1. The molecule has 0 radical (unpaired) electrons. The molecule has 1 fully saturated rings. The summed E-state index contributed by atoms with van der Waals surface area (Å²) in [4.78, 5) is 11.3. The molecule has 0 unspecified atom stereocenters. The van der Waals surface area contributed by atoms with Crippen molar-refractivity contribution >= 4 is 11.8 Å². The van der Waals surface area contributed by atoms with Gasteiger partial charge in [0.25, 0.3) is 0 Å². The quantitative estimate of drug-likeness (QED) is 0.487. The summed E-state index contributed by atoms with van der Waals surface area (Å²) in [5.41, 5.74) is 1.09. The van der Waals surface area contributed by atoms with Crippen LogP contribution in [0.4, 0.5) is 5.82 Å². The number of hydrogen-bond acceptors (Lipinski definition) is 3. The first-order valence-electron chi connectivity index (χ1n) is 7.49. The van der Waals surface area contributed by atoms with Crippen molar-refractivity contribution in [1.82, 2.24) is 15.6 Å². The van der Waals surface area contributed by atoms with Crippen molar-refractivity contribution in [1.29, 1.82) is 0 Å². The topological polar surface area (TPSA) is 52.6 Å². The van der Waals surface area contributed by atoms with Gasteiger partial charge in [-0.2, -0.15) is 0 Å². The molecule has 1 aromatic rings. The highest BCUT2D eigenvalue weighted by Gasteiger charge is 2.12. The van der Waals surface area contributed by atoms with Gasteiger partial charge in [-0.25, -0.2) is 9.98 Å². The predicted octanol–water partition coefficient (Wildman–Crippen LogP) is 1.37. The van der Waals surface area contributed by atoms with Crippen LogP contribution in [-0.4, -0.2) is 37.1 Å². The molecule has 0 atom stereocenters. The zero-order chi connectivity index (χ0) is 14.9. The molecule has 5 heteroatoms. The van der Waals surface area contributed by atoms with E-state index in [0.717, 1.165) is 37.0 Å². The average molecular weight is 285 g/mol. The zero-order valence-corrected chi connectivity index (χ0v) is 12.6. The van der Waals surface area contributed by atoms with E-state index >= 15 is 0 Å². The molecule has 0 saturated carbocycles. The van der Waals surface area contributed by atoms with Gasteiger partial charge in [0.1, 0.15) is 5.82 Å². The van der Waals surface area contributed by atoms with Gasteiger partial charge in [-0.3, -0.25) is 0 Å². The zero-order valence-electron chi connectivity index (χ0n) is 12.6. The van der Waals surface area contributed by atoms with Crippen molar-refractivity contribution in [3.05, 3.63) is 23.9 Å². The molecule has 1 aromatic heterocycles. The first-order valence-corrected chi connectivity index (χ1v) is 7.49. The molecule has 1 saturated heterocycles. The number of nitrogens with one attached hydrogen (secondary N) is 2. The van der Waals surface area contributed by atoms with Gasteiger partial charge in [-0.1, -0.05) is 12.0 Å². The maximum absolute atomic E-state index is 5.25. The van der Waals surface area contributed by atoms with Crippen LogP contribution in [-0.2, 0) is 6.54 Å². The molecule has 1 aliphatic heterocycles. The van der Waals surface area contributed by atoms with Crippen molar-refractivity contribution in [3.8, 4) is 12.3 Å². The molecule has 2 N–H and O–H groups in total. The van der Waals surface area contributed by atoms with E-state index in [2.05, 4.69) is 43.6 Å². The number of hydrogen-bond donors (Lipinski definition) is 2. The fourth-order valence-corrected chi connectivity index (χ4v) is 2.29. The van der Waals surface area contributed by atoms with Crippen molar-refractivity contribution < 1.29 is 0 Å². The van der Waals surface area contributed by atoms with Crippen LogP contribution in [0.15, 0.2) is 23.3 Å². The average Bonchev–Trinajstić information content (AvgIpc) is 3.05. The van der Waals surface area contributed by atoms with Crippen LogP contribution in [0.2, 0.25) is 0 Å². The molecule has 0 bridgehead atoms. The van der Waals surface area contributed by atoms with Crippen molar-refractivity contribution in [2.24, 2.45) is 4.99 Å². The molecule has 0 aromatic carbocycles. The second kappa shape index (κ2) is 8.15. The second-order valence-electron chi connectivity index (χ2n) is 4.97. The summed E-state index contributed by atoms with van der Waals surface area (Å²) in [5, 5.41) is 6.23. The molecule has 2 heterocycles. The summed E-state index contributed by atoms with van der Waals surface area (Å²) in [6.45, 7) is 6.13. The van der Waals surface area contributed by atoms with Crippen LogP contribution in [0, 0.1) is 12.3 Å². The number of rotatable bonds is 5. The highest BCUT2D eigenvalue weighted by molar-refractivity contribution is 5.79. The van der Waals surface area contributed by atoms with Crippen LogP contribution in [0.25, 0.3) is 0 Å². The Kier molecular flexibility index (Phi) is 5.89. The molecule has 21 heavy (non-hydrogen) atoms. The monoisotopic (exact) mass is 285 g/mol. The Hall–Kier alpha value is -2.22. The van der Waals surface area contributed by atoms with E-state index in [1.165, 1.54) is 12.8 Å². The third kappa shape index (κ3) is 4.67. The first-order chi connectivity index (χ1) is 10.3. The first kappa shape index (κ1) is 15.2. The summed E-state index contributed by atoms with van der Waals surface area (Å²) in [6.07, 6.45) is 9.68. The van der Waals surface area contributed by atoms with Crippen LogP contribution in [0.1, 0.15) is 25.3 Å². The Balaban J connectivity index is 1.93. The fraction of sp³-hybridized carbons (Fsp3) is 0.500. The van der Waals surface area contributed by atoms with Crippen molar-refractivity contribution in [2.75, 3.05) is 31.1 Å². The standard InChI is InChI=1S/C16H23N5/c1-3-9-18-16(17-4-2)20-13-14-7-8-15(19-12-14)21-10-5-6-11-21/h1,7-8,12H,4-6,9-11,13H2,2H3,(H2,17,18,20). The van der Waals surface area contributed by atoms with E-state index in [4.69, 9.17) is 6.42 Å². The number of aromatic nitrogens is 1. The second-order valence-corrected chi connectivity index (χ2v) is 4.97. The number of anilines is 1. The lowest BCUT2D eigenvalue weighted by atomic mass is 10.3. The van der Waals surface area contributed by atoms with Crippen LogP contribution in [0.3, 0.4) is 0 Å². The molecule has 0 aliphatic carbocycles. The lowest BCUT2D eigenvalue weighted by Gasteiger charge is -2.16. The summed E-state index contributed by atoms with van der Waals surface area (Å²) < 4.78 is 0. The van der Waals surface area contributed by atoms with Crippen LogP contribution < -0.4 is 15.5 Å². The Labute approximate surface area is 126 Å². The Morgan fingerprint density at radius 2 is 2.19 bits per heavy atom. The maximum atomic E-state index is 5.25. The summed E-state index contributed by atoms with van der Waals surface area (Å²) in [5.74, 6) is 4.35. The SMILES string of the molecule is C#CCNC(=NCc1ccc(N2CCCC2)nc1)NCC. The van der Waals surface area contributed by atoms with Gasteiger partial charge < -0.3 is 15.5 Å². The Morgan fingerprint density at radius 1 is 1.38 bits per heavy atom. The van der Waals surface area contributed by atoms with Crippen LogP contribution >= 0.6 is 0 Å². The molecule has 112 valence electrons. The van der Waals surface area contributed by atoms with E-state index < -0.39 is 0 Å². The van der Waals surface area contributed by atoms with Crippen molar-refractivity contribution in [3.63, 3.8) is 0 Å². The minimum absolute atomic E-state index is 0.470. The minimum atomic E-state index is 0.470. The van der Waals surface area contributed by atoms with Gasteiger partial charge in [0.15, 0.2) is 5.96 Å². The number of nitrogens with zero attached hydrogens (tertiary/aromatic N) is 3. The lowest BCUT2D eigenvalue weighted by molar-refractivity contribution is 0.862. The van der Waals surface area contributed by atoms with Gasteiger partial charge >= 0.3 is 0 Å². The van der Waals surface area contributed by atoms with Gasteiger partial charge in [0, 0.05) is 25.8 Å². The fourth-order valence-electron chi connectivity index (χ4n) is 2.29. The molecule has 0 amide bonds. The predicted molar refractivity (Wildman–Crippen MR) is 87.3 cm³/mol. The largest absolute Gasteiger partial charge is 0.357 e. The van der Waals surface area contributed by atoms with Crippen molar-refractivity contribution in [2.45, 2.75) is 26.3 Å². The van der Waals surface area contributed by atoms with Crippen LogP contribution in [0.5, 0.6) is 0 Å². The van der Waals surface area contributed by atoms with Gasteiger partial charge in [0.2, 0.25) is 0 Å². The van der Waals surface area contributed by atoms with Gasteiger partial charge in [-0.15, -0.1) is 6.42 Å². The van der Waals surface area contributed by atoms with E-state index in [1.807, 2.05) is 13.1 Å². The summed E-state index contributed by atoms with van der Waals surface area (Å²) >= 11 is 0. The molecule has 0 spiro atoms. The maximum Gasteiger partial charge on any atom is 0.192 e. The van der Waals surface area contributed by atoms with E-state index in [9.17, 15) is 0 Å². The molecule has 1 aliphatic rings. The highest BCUT2D eigenvalue weighted by Crippen LogP contribution is 2.17. The highest BCUT2D eigenvalue weighted by atomic mass is 15.2. The number of guanidine groups is 1. The third-order valence-corrected chi connectivity index (χ3v) is 3.36. The van der Waals surface area contributed by atoms with E-state index in [0.29, 0.717) is 13.1 Å². The smallest absolute Gasteiger partial charge is 0.192 e. The summed E-state index contributed by atoms with van der Waals surface area (Å²) in [7, 11) is 0. The Morgan fingerprint density at radius 3 is 2.81 bits per heavy atom. The molecular weight excluding hydrogens is 262 g/mol.